The van der Waals surface area contributed by atoms with Gasteiger partial charge in [0.1, 0.15) is 5.82 Å². The van der Waals surface area contributed by atoms with Crippen LogP contribution in [0, 0.1) is 5.82 Å². The lowest BCUT2D eigenvalue weighted by Crippen LogP contribution is -2.38. The number of nitrogens with one attached hydrogen (secondary N) is 2. The number of likely N-dealkylation sites (N-methyl/N-ethyl adjacent to an activating group) is 1. The van der Waals surface area contributed by atoms with Gasteiger partial charge in [-0.25, -0.2) is 4.39 Å². The van der Waals surface area contributed by atoms with Gasteiger partial charge in [0.25, 0.3) is 0 Å². The molecule has 1 aromatic carbocycles. The molecular formula is C15H22ClFN2O2. The topological polar surface area (TPSA) is 58.2 Å². The second-order valence-corrected chi connectivity index (χ2v) is 4.69. The van der Waals surface area contributed by atoms with E-state index >= 15 is 0 Å². The van der Waals surface area contributed by atoms with Gasteiger partial charge in [-0.05, 0) is 37.7 Å². The second-order valence-electron chi connectivity index (χ2n) is 4.69. The van der Waals surface area contributed by atoms with Crippen molar-refractivity contribution < 1.29 is 14.0 Å². The van der Waals surface area contributed by atoms with Crippen LogP contribution in [0.3, 0.4) is 0 Å². The summed E-state index contributed by atoms with van der Waals surface area (Å²) < 4.78 is 12.7. The maximum Gasteiger partial charge on any atom is 0.220 e. The Bertz CT molecular complexity index is 451. The van der Waals surface area contributed by atoms with Crippen molar-refractivity contribution in [1.82, 2.24) is 10.6 Å². The summed E-state index contributed by atoms with van der Waals surface area (Å²) in [5.74, 6) is -0.679. The Morgan fingerprint density at radius 1 is 1.19 bits per heavy atom. The summed E-state index contributed by atoms with van der Waals surface area (Å²) in [5, 5.41) is 5.95. The molecule has 0 unspecified atom stereocenters. The largest absolute Gasteiger partial charge is 0.355 e. The van der Waals surface area contributed by atoms with Crippen LogP contribution in [-0.2, 0) is 4.79 Å². The van der Waals surface area contributed by atoms with Crippen LogP contribution in [0.5, 0.6) is 0 Å². The average molecular weight is 317 g/mol. The average Bonchev–Trinajstić information content (AvgIpc) is 2.43. The molecule has 1 amide bonds. The highest BCUT2D eigenvalue weighted by Crippen LogP contribution is 2.07. The first-order valence-corrected chi connectivity index (χ1v) is 6.81. The van der Waals surface area contributed by atoms with Gasteiger partial charge in [-0.3, -0.25) is 9.59 Å². The lowest BCUT2D eigenvalue weighted by molar-refractivity contribution is -0.121. The van der Waals surface area contributed by atoms with Gasteiger partial charge in [0.2, 0.25) is 5.91 Å². The zero-order chi connectivity index (χ0) is 15.0. The predicted molar refractivity (Wildman–Crippen MR) is 83.4 cm³/mol. The molecule has 0 aromatic heterocycles. The van der Waals surface area contributed by atoms with Crippen molar-refractivity contribution in [3.8, 4) is 0 Å². The molecule has 4 nitrogen and oxygen atoms in total. The van der Waals surface area contributed by atoms with E-state index in [4.69, 9.17) is 0 Å². The number of carbonyl (C=O) groups is 2. The quantitative estimate of drug-likeness (QED) is 0.724. The zero-order valence-electron chi connectivity index (χ0n) is 12.3. The molecule has 0 radical (unpaired) electrons. The van der Waals surface area contributed by atoms with Gasteiger partial charge in [0.15, 0.2) is 5.78 Å². The molecule has 1 aromatic rings. The molecule has 1 atom stereocenters. The van der Waals surface area contributed by atoms with Crippen molar-refractivity contribution in [2.75, 3.05) is 13.1 Å². The maximum atomic E-state index is 12.7. The van der Waals surface area contributed by atoms with Crippen LogP contribution >= 0.6 is 12.4 Å². The number of hydrogen-bond donors (Lipinski definition) is 2. The number of ketones is 1. The smallest absolute Gasteiger partial charge is 0.220 e. The van der Waals surface area contributed by atoms with Gasteiger partial charge < -0.3 is 10.6 Å². The Labute approximate surface area is 130 Å². The van der Waals surface area contributed by atoms with Gasteiger partial charge in [0, 0.05) is 31.0 Å². The maximum absolute atomic E-state index is 12.7. The van der Waals surface area contributed by atoms with E-state index in [-0.39, 0.29) is 48.8 Å². The number of benzene rings is 1. The molecule has 0 aliphatic heterocycles. The summed E-state index contributed by atoms with van der Waals surface area (Å²) in [5.41, 5.74) is 0.431. The number of halogens is 2. The Morgan fingerprint density at radius 3 is 2.38 bits per heavy atom. The summed E-state index contributed by atoms with van der Waals surface area (Å²) in [6.07, 6.45) is 0.280. The molecule has 21 heavy (non-hydrogen) atoms. The van der Waals surface area contributed by atoms with Crippen LogP contribution < -0.4 is 10.6 Å². The van der Waals surface area contributed by atoms with Gasteiger partial charge in [-0.2, -0.15) is 0 Å². The van der Waals surface area contributed by atoms with Crippen LogP contribution in [0.1, 0.15) is 37.0 Å². The highest BCUT2D eigenvalue weighted by atomic mass is 35.5. The lowest BCUT2D eigenvalue weighted by atomic mass is 10.1. The highest BCUT2D eigenvalue weighted by molar-refractivity contribution is 5.97. The number of rotatable bonds is 8. The van der Waals surface area contributed by atoms with Crippen molar-refractivity contribution in [3.05, 3.63) is 35.6 Å². The molecule has 2 N–H and O–H groups in total. The van der Waals surface area contributed by atoms with Crippen molar-refractivity contribution in [2.24, 2.45) is 0 Å². The summed E-state index contributed by atoms with van der Waals surface area (Å²) >= 11 is 0. The summed E-state index contributed by atoms with van der Waals surface area (Å²) in [7, 11) is 0. The Balaban J connectivity index is 0.00000400. The van der Waals surface area contributed by atoms with Crippen molar-refractivity contribution in [1.29, 1.82) is 0 Å². The van der Waals surface area contributed by atoms with E-state index in [9.17, 15) is 14.0 Å². The summed E-state index contributed by atoms with van der Waals surface area (Å²) in [4.78, 5) is 23.4. The molecule has 0 aliphatic carbocycles. The zero-order valence-corrected chi connectivity index (χ0v) is 13.1. The second kappa shape index (κ2) is 10.3. The fraction of sp³-hybridized carbons (Fsp3) is 0.467. The molecule has 1 rings (SSSR count). The molecule has 0 saturated carbocycles. The van der Waals surface area contributed by atoms with Gasteiger partial charge >= 0.3 is 0 Å². The van der Waals surface area contributed by atoms with Crippen LogP contribution in [0.15, 0.2) is 24.3 Å². The van der Waals surface area contributed by atoms with E-state index in [1.807, 2.05) is 13.8 Å². The Morgan fingerprint density at radius 2 is 1.81 bits per heavy atom. The van der Waals surface area contributed by atoms with Gasteiger partial charge in [0.05, 0.1) is 0 Å². The molecular weight excluding hydrogens is 295 g/mol. The molecule has 6 heteroatoms. The van der Waals surface area contributed by atoms with E-state index in [1.165, 1.54) is 24.3 Å². The van der Waals surface area contributed by atoms with E-state index in [2.05, 4.69) is 10.6 Å². The first kappa shape index (κ1) is 19.5. The molecule has 0 saturated heterocycles. The lowest BCUT2D eigenvalue weighted by Gasteiger charge is -2.13. The van der Waals surface area contributed by atoms with Crippen molar-refractivity contribution >= 4 is 24.1 Å². The van der Waals surface area contributed by atoms with Gasteiger partial charge in [-0.15, -0.1) is 12.4 Å². The normalized spacial score (nSPS) is 11.4. The fourth-order valence-electron chi connectivity index (χ4n) is 1.78. The highest BCUT2D eigenvalue weighted by Gasteiger charge is 2.10. The third-order valence-electron chi connectivity index (χ3n) is 2.90. The van der Waals surface area contributed by atoms with Gasteiger partial charge in [-0.1, -0.05) is 6.92 Å². The molecule has 118 valence electrons. The van der Waals surface area contributed by atoms with Crippen LogP contribution in [0.25, 0.3) is 0 Å². The van der Waals surface area contributed by atoms with Crippen LogP contribution in [-0.4, -0.2) is 30.8 Å². The summed E-state index contributed by atoms with van der Waals surface area (Å²) in [6.45, 7) is 5.37. The third-order valence-corrected chi connectivity index (χ3v) is 2.90. The van der Waals surface area contributed by atoms with Crippen molar-refractivity contribution in [3.63, 3.8) is 0 Å². The molecule has 0 heterocycles. The first-order valence-electron chi connectivity index (χ1n) is 6.81. The number of Topliss-reactive ketones (excluding diaryl/α,β-unsaturated/α-hetero) is 1. The van der Waals surface area contributed by atoms with E-state index in [0.29, 0.717) is 12.1 Å². The predicted octanol–water partition coefficient (Wildman–Crippen LogP) is 2.32. The standard InChI is InChI=1S/C15H21FN2O2.ClH/c1-3-17-11(2)10-18-15(20)9-8-14(19)12-4-6-13(16)7-5-12;/h4-7,11,17H,3,8-10H2,1-2H3,(H,18,20);1H/t11-;/m1./s1. The minimum Gasteiger partial charge on any atom is -0.355 e. The molecule has 0 fully saturated rings. The van der Waals surface area contributed by atoms with E-state index in [0.717, 1.165) is 6.54 Å². The fourth-order valence-corrected chi connectivity index (χ4v) is 1.78. The molecule has 0 bridgehead atoms. The minimum absolute atomic E-state index is 0. The Hall–Kier alpha value is -1.46. The van der Waals surface area contributed by atoms with Crippen LogP contribution in [0.2, 0.25) is 0 Å². The third kappa shape index (κ3) is 7.78. The van der Waals surface area contributed by atoms with Crippen LogP contribution in [0.4, 0.5) is 4.39 Å². The van der Waals surface area contributed by atoms with E-state index < -0.39 is 0 Å². The summed E-state index contributed by atoms with van der Waals surface area (Å²) in [6, 6.07) is 5.55. The van der Waals surface area contributed by atoms with Crippen molar-refractivity contribution in [2.45, 2.75) is 32.7 Å². The van der Waals surface area contributed by atoms with E-state index in [1.54, 1.807) is 0 Å². The molecule has 0 aliphatic rings. The number of carbonyl (C=O) groups excluding carboxylic acids is 2. The monoisotopic (exact) mass is 316 g/mol. The SMILES string of the molecule is CCN[C@H](C)CNC(=O)CCC(=O)c1ccc(F)cc1.Cl. The number of hydrogen-bond acceptors (Lipinski definition) is 3. The molecule has 0 spiro atoms. The first-order chi connectivity index (χ1) is 9.52. The Kier molecular flexibility index (Phi) is 9.58. The minimum atomic E-state index is -0.378. The number of amides is 1.